The number of fused-ring (bicyclic) bond motifs is 1. The number of tetrazole rings is 1. The predicted molar refractivity (Wildman–Crippen MR) is 159 cm³/mol. The first-order valence-electron chi connectivity index (χ1n) is 13.3. The standard InChI is InChI=1S/C30H31BrN6O4/c1-5-39-24-14-10-9-13-23(24)33-29(38)26-19(4)32-30-34-35-36-37(30)27(26)21-15-22(31)28(25(16-21)40-6-2)41-17-20-12-8-7-11-18(20)3/h7-16,27H,5-6,17H2,1-4H3,(H,33,38)(H,32,34,36). The number of rotatable bonds is 10. The van der Waals surface area contributed by atoms with Crippen LogP contribution in [0.3, 0.4) is 0 Å². The summed E-state index contributed by atoms with van der Waals surface area (Å²) in [6.45, 7) is 8.96. The van der Waals surface area contributed by atoms with Crippen LogP contribution in [0.5, 0.6) is 17.2 Å². The molecule has 0 saturated carbocycles. The Morgan fingerprint density at radius 3 is 2.51 bits per heavy atom. The molecule has 0 spiro atoms. The molecule has 212 valence electrons. The SMILES string of the molecule is CCOc1ccccc1NC(=O)C1=C(C)Nc2nnnn2C1c1cc(Br)c(OCc2ccccc2C)c(OCC)c1. The zero-order chi connectivity index (χ0) is 28.9. The lowest BCUT2D eigenvalue weighted by atomic mass is 9.94. The maximum atomic E-state index is 13.9. The minimum absolute atomic E-state index is 0.317. The van der Waals surface area contributed by atoms with Gasteiger partial charge in [0.15, 0.2) is 11.5 Å². The van der Waals surface area contributed by atoms with Crippen LogP contribution in [0.15, 0.2) is 76.4 Å². The number of ether oxygens (including phenoxy) is 3. The monoisotopic (exact) mass is 618 g/mol. The van der Waals surface area contributed by atoms with E-state index in [2.05, 4.69) is 55.1 Å². The summed E-state index contributed by atoms with van der Waals surface area (Å²) >= 11 is 3.70. The number of hydrogen-bond acceptors (Lipinski definition) is 8. The number of anilines is 2. The Bertz CT molecular complexity index is 1600. The van der Waals surface area contributed by atoms with E-state index in [0.717, 1.165) is 16.7 Å². The Balaban J connectivity index is 1.53. The number of hydrogen-bond donors (Lipinski definition) is 2. The minimum atomic E-state index is -0.651. The zero-order valence-electron chi connectivity index (χ0n) is 23.3. The number of carbonyl (C=O) groups excluding carboxylic acids is 1. The molecule has 1 amide bonds. The second-order valence-electron chi connectivity index (χ2n) is 9.37. The number of allylic oxidation sites excluding steroid dienone is 1. The summed E-state index contributed by atoms with van der Waals surface area (Å²) < 4.78 is 20.3. The van der Waals surface area contributed by atoms with Crippen molar-refractivity contribution >= 4 is 33.5 Å². The van der Waals surface area contributed by atoms with Crippen molar-refractivity contribution in [1.82, 2.24) is 20.2 Å². The average Bonchev–Trinajstić information content (AvgIpc) is 3.42. The summed E-state index contributed by atoms with van der Waals surface area (Å²) in [6, 6.07) is 18.5. The summed E-state index contributed by atoms with van der Waals surface area (Å²) in [5.74, 6) is 1.80. The fraction of sp³-hybridized carbons (Fsp3) is 0.267. The molecule has 11 heteroatoms. The fourth-order valence-corrected chi connectivity index (χ4v) is 5.30. The van der Waals surface area contributed by atoms with Gasteiger partial charge in [-0.2, -0.15) is 4.68 Å². The van der Waals surface area contributed by atoms with Crippen LogP contribution in [-0.2, 0) is 11.4 Å². The second kappa shape index (κ2) is 12.4. The van der Waals surface area contributed by atoms with Gasteiger partial charge in [-0.25, -0.2) is 0 Å². The molecule has 1 unspecified atom stereocenters. The molecule has 2 N–H and O–H groups in total. The molecule has 0 saturated heterocycles. The van der Waals surface area contributed by atoms with E-state index in [4.69, 9.17) is 14.2 Å². The number of benzene rings is 3. The Kier molecular flexibility index (Phi) is 8.53. The molecule has 1 aromatic heterocycles. The fourth-order valence-electron chi connectivity index (χ4n) is 4.73. The van der Waals surface area contributed by atoms with E-state index < -0.39 is 6.04 Å². The largest absolute Gasteiger partial charge is 0.492 e. The predicted octanol–water partition coefficient (Wildman–Crippen LogP) is 6.05. The van der Waals surface area contributed by atoms with Crippen molar-refractivity contribution in [2.24, 2.45) is 0 Å². The third-order valence-corrected chi connectivity index (χ3v) is 7.26. The van der Waals surface area contributed by atoms with Crippen molar-refractivity contribution in [3.05, 3.63) is 93.1 Å². The minimum Gasteiger partial charge on any atom is -0.492 e. The lowest BCUT2D eigenvalue weighted by molar-refractivity contribution is -0.113. The van der Waals surface area contributed by atoms with E-state index >= 15 is 0 Å². The number of nitrogens with one attached hydrogen (secondary N) is 2. The van der Waals surface area contributed by atoms with Crippen molar-refractivity contribution in [2.45, 2.75) is 40.3 Å². The molecule has 3 aromatic carbocycles. The zero-order valence-corrected chi connectivity index (χ0v) is 24.9. The molecule has 10 nitrogen and oxygen atoms in total. The lowest BCUT2D eigenvalue weighted by Crippen LogP contribution is -2.31. The van der Waals surface area contributed by atoms with Crippen LogP contribution in [0.2, 0.25) is 0 Å². The molecule has 1 aliphatic rings. The highest BCUT2D eigenvalue weighted by molar-refractivity contribution is 9.10. The smallest absolute Gasteiger partial charge is 0.255 e. The third-order valence-electron chi connectivity index (χ3n) is 6.67. The molecule has 0 radical (unpaired) electrons. The quantitative estimate of drug-likeness (QED) is 0.221. The second-order valence-corrected chi connectivity index (χ2v) is 10.2. The molecule has 2 heterocycles. The molecule has 5 rings (SSSR count). The van der Waals surface area contributed by atoms with E-state index in [1.807, 2.05) is 69.3 Å². The number of para-hydroxylation sites is 2. The summed E-state index contributed by atoms with van der Waals surface area (Å²) in [4.78, 5) is 13.9. The first kappa shape index (κ1) is 28.2. The molecule has 1 aliphatic heterocycles. The lowest BCUT2D eigenvalue weighted by Gasteiger charge is -2.29. The number of aryl methyl sites for hydroxylation is 1. The first-order chi connectivity index (χ1) is 19.9. The van der Waals surface area contributed by atoms with Crippen LogP contribution in [0.25, 0.3) is 0 Å². The Morgan fingerprint density at radius 1 is 1.00 bits per heavy atom. The molecule has 0 fully saturated rings. The Labute approximate surface area is 246 Å². The Hall–Kier alpha value is -4.38. The van der Waals surface area contributed by atoms with Gasteiger partial charge in [-0.05, 0) is 95.0 Å². The third kappa shape index (κ3) is 5.90. The maximum Gasteiger partial charge on any atom is 0.255 e. The molecule has 4 aromatic rings. The highest BCUT2D eigenvalue weighted by Gasteiger charge is 2.35. The van der Waals surface area contributed by atoms with Crippen LogP contribution in [0.1, 0.15) is 43.5 Å². The van der Waals surface area contributed by atoms with Gasteiger partial charge in [0.2, 0.25) is 5.95 Å². The van der Waals surface area contributed by atoms with Gasteiger partial charge in [-0.1, -0.05) is 41.5 Å². The molecule has 0 bridgehead atoms. The van der Waals surface area contributed by atoms with Crippen molar-refractivity contribution in [3.8, 4) is 17.2 Å². The molecular formula is C30H31BrN6O4. The van der Waals surface area contributed by atoms with Gasteiger partial charge in [0, 0.05) is 5.70 Å². The van der Waals surface area contributed by atoms with Crippen molar-refractivity contribution in [2.75, 3.05) is 23.8 Å². The summed E-state index contributed by atoms with van der Waals surface area (Å²) in [5.41, 5.74) is 4.59. The Morgan fingerprint density at radius 2 is 1.73 bits per heavy atom. The maximum absolute atomic E-state index is 13.9. The molecule has 0 aliphatic carbocycles. The summed E-state index contributed by atoms with van der Waals surface area (Å²) in [7, 11) is 0. The van der Waals surface area contributed by atoms with Crippen LogP contribution in [-0.4, -0.2) is 39.3 Å². The van der Waals surface area contributed by atoms with Gasteiger partial charge in [0.05, 0.1) is 28.9 Å². The number of carbonyl (C=O) groups is 1. The van der Waals surface area contributed by atoms with Crippen molar-refractivity contribution in [1.29, 1.82) is 0 Å². The van der Waals surface area contributed by atoms with Crippen LogP contribution in [0.4, 0.5) is 11.6 Å². The van der Waals surface area contributed by atoms with E-state index in [1.165, 1.54) is 0 Å². The average molecular weight is 620 g/mol. The van der Waals surface area contributed by atoms with Crippen molar-refractivity contribution < 1.29 is 19.0 Å². The highest BCUT2D eigenvalue weighted by atomic mass is 79.9. The molecular weight excluding hydrogens is 588 g/mol. The van der Waals surface area contributed by atoms with E-state index in [0.29, 0.717) is 64.4 Å². The van der Waals surface area contributed by atoms with Gasteiger partial charge in [0.25, 0.3) is 5.91 Å². The number of halogens is 1. The van der Waals surface area contributed by atoms with Crippen LogP contribution in [0, 0.1) is 6.92 Å². The van der Waals surface area contributed by atoms with Gasteiger partial charge < -0.3 is 24.8 Å². The van der Waals surface area contributed by atoms with Gasteiger partial charge in [-0.15, -0.1) is 0 Å². The molecule has 1 atom stereocenters. The van der Waals surface area contributed by atoms with E-state index in [9.17, 15) is 4.79 Å². The highest BCUT2D eigenvalue weighted by Crippen LogP contribution is 2.43. The van der Waals surface area contributed by atoms with Crippen LogP contribution < -0.4 is 24.8 Å². The van der Waals surface area contributed by atoms with E-state index in [-0.39, 0.29) is 5.91 Å². The summed E-state index contributed by atoms with van der Waals surface area (Å²) in [6.07, 6.45) is 0. The topological polar surface area (TPSA) is 112 Å². The van der Waals surface area contributed by atoms with Crippen LogP contribution >= 0.6 is 15.9 Å². The molecule has 41 heavy (non-hydrogen) atoms. The number of nitrogens with zero attached hydrogens (tertiary/aromatic N) is 4. The number of aromatic nitrogens is 4. The van der Waals surface area contributed by atoms with Crippen molar-refractivity contribution in [3.63, 3.8) is 0 Å². The van der Waals surface area contributed by atoms with E-state index in [1.54, 1.807) is 10.7 Å². The first-order valence-corrected chi connectivity index (χ1v) is 14.1. The van der Waals surface area contributed by atoms with Gasteiger partial charge in [0.1, 0.15) is 18.4 Å². The van der Waals surface area contributed by atoms with Gasteiger partial charge in [-0.3, -0.25) is 4.79 Å². The summed E-state index contributed by atoms with van der Waals surface area (Å²) in [5, 5.41) is 18.3. The van der Waals surface area contributed by atoms with Gasteiger partial charge >= 0.3 is 0 Å². The normalized spacial score (nSPS) is 14.2. The number of amides is 1.